The Hall–Kier alpha value is -4.28. The van der Waals surface area contributed by atoms with E-state index in [1.807, 2.05) is 36.8 Å². The van der Waals surface area contributed by atoms with Crippen LogP contribution in [0.2, 0.25) is 0 Å². The lowest BCUT2D eigenvalue weighted by Gasteiger charge is -2.32. The van der Waals surface area contributed by atoms with Gasteiger partial charge in [0, 0.05) is 37.6 Å². The molecule has 1 aliphatic carbocycles. The Morgan fingerprint density at radius 1 is 1.20 bits per heavy atom. The summed E-state index contributed by atoms with van der Waals surface area (Å²) in [6.45, 7) is 2.41. The van der Waals surface area contributed by atoms with Gasteiger partial charge in [-0.3, -0.25) is 9.48 Å². The summed E-state index contributed by atoms with van der Waals surface area (Å²) in [5, 5.41) is 17.4. The lowest BCUT2D eigenvalue weighted by atomic mass is 9.99. The van der Waals surface area contributed by atoms with Crippen LogP contribution in [-0.2, 0) is 13.5 Å². The number of amides is 1. The molecule has 6 heterocycles. The maximum Gasteiger partial charge on any atom is 0.312 e. The highest BCUT2D eigenvalue weighted by atomic mass is 16.4. The summed E-state index contributed by atoms with van der Waals surface area (Å²) in [6, 6.07) is 7.66. The molecular formula is C24H23N9O2. The van der Waals surface area contributed by atoms with Crippen molar-refractivity contribution in [2.24, 2.45) is 7.05 Å². The Kier molecular flexibility index (Phi) is 4.23. The van der Waals surface area contributed by atoms with E-state index in [1.54, 1.807) is 15.9 Å². The minimum atomic E-state index is -0.461. The summed E-state index contributed by atoms with van der Waals surface area (Å²) in [7, 11) is 1.84. The highest BCUT2D eigenvalue weighted by Gasteiger charge is 2.38. The molecule has 5 aromatic rings. The van der Waals surface area contributed by atoms with Crippen molar-refractivity contribution in [2.75, 3.05) is 6.54 Å². The van der Waals surface area contributed by atoms with Gasteiger partial charge in [0.05, 0.1) is 23.2 Å². The van der Waals surface area contributed by atoms with E-state index in [1.165, 1.54) is 18.4 Å². The third-order valence-corrected chi connectivity index (χ3v) is 6.98. The normalized spacial score (nSPS) is 17.8. The van der Waals surface area contributed by atoms with Crippen LogP contribution in [0.1, 0.15) is 63.8 Å². The summed E-state index contributed by atoms with van der Waals surface area (Å²) >= 11 is 0. The molecule has 1 N–H and O–H groups in total. The van der Waals surface area contributed by atoms with Crippen LogP contribution in [-0.4, -0.2) is 56.9 Å². The second-order valence-corrected chi connectivity index (χ2v) is 9.26. The molecule has 176 valence electrons. The van der Waals surface area contributed by atoms with E-state index >= 15 is 0 Å². The van der Waals surface area contributed by atoms with E-state index in [9.17, 15) is 4.79 Å². The predicted molar refractivity (Wildman–Crippen MR) is 124 cm³/mol. The van der Waals surface area contributed by atoms with Crippen LogP contribution in [0, 0.1) is 6.92 Å². The lowest BCUT2D eigenvalue weighted by molar-refractivity contribution is 0.0646. The number of H-pyrrole nitrogens is 1. The molecule has 35 heavy (non-hydrogen) atoms. The first-order chi connectivity index (χ1) is 17.1. The van der Waals surface area contributed by atoms with Crippen molar-refractivity contribution >= 4 is 11.4 Å². The maximum atomic E-state index is 13.7. The van der Waals surface area contributed by atoms with Crippen molar-refractivity contribution in [2.45, 2.75) is 38.1 Å². The van der Waals surface area contributed by atoms with Crippen molar-refractivity contribution in [1.82, 2.24) is 44.5 Å². The lowest BCUT2D eigenvalue weighted by Crippen LogP contribution is -2.41. The Morgan fingerprint density at radius 3 is 2.89 bits per heavy atom. The number of nitrogens with one attached hydrogen (secondary N) is 1. The topological polar surface area (TPSA) is 123 Å². The molecule has 0 radical (unpaired) electrons. The van der Waals surface area contributed by atoms with Crippen molar-refractivity contribution in [3.05, 3.63) is 71.0 Å². The number of imidazole rings is 1. The third-order valence-electron chi connectivity index (χ3n) is 6.98. The number of nitrogens with zero attached hydrogens (tertiary/aromatic N) is 8. The highest BCUT2D eigenvalue weighted by molar-refractivity contribution is 5.90. The number of fused-ring (bicyclic) bond motifs is 2. The van der Waals surface area contributed by atoms with E-state index in [0.717, 1.165) is 28.3 Å². The molecule has 0 unspecified atom stereocenters. The Bertz CT molecular complexity index is 1570. The number of pyridine rings is 1. The first-order valence-corrected chi connectivity index (χ1v) is 11.7. The predicted octanol–water partition coefficient (Wildman–Crippen LogP) is 2.81. The molecule has 7 rings (SSSR count). The van der Waals surface area contributed by atoms with Gasteiger partial charge in [0.1, 0.15) is 11.7 Å². The zero-order valence-corrected chi connectivity index (χ0v) is 19.3. The van der Waals surface area contributed by atoms with Crippen LogP contribution in [0.4, 0.5) is 0 Å². The van der Waals surface area contributed by atoms with Gasteiger partial charge in [0.15, 0.2) is 0 Å². The molecule has 5 aromatic heterocycles. The summed E-state index contributed by atoms with van der Waals surface area (Å²) in [5.74, 6) is 0.373. The number of hydrogen-bond donors (Lipinski definition) is 1. The fourth-order valence-electron chi connectivity index (χ4n) is 4.93. The molecule has 11 heteroatoms. The second kappa shape index (κ2) is 7.36. The van der Waals surface area contributed by atoms with Crippen LogP contribution in [0.5, 0.6) is 0 Å². The Morgan fingerprint density at radius 2 is 2.09 bits per heavy atom. The van der Waals surface area contributed by atoms with Gasteiger partial charge >= 0.3 is 11.8 Å². The highest BCUT2D eigenvalue weighted by Crippen LogP contribution is 2.43. The van der Waals surface area contributed by atoms with Crippen molar-refractivity contribution in [3.8, 4) is 11.6 Å². The SMILES string of the molecule is Cc1cc(-c2nnc(C(=O)N3CCc4[nH]cnc4[C@@H]3c3cc4c(C5CC5)cccn4n3)o2)nn1C. The molecular weight excluding hydrogens is 446 g/mol. The quantitative estimate of drug-likeness (QED) is 0.429. The molecule has 0 bridgehead atoms. The van der Waals surface area contributed by atoms with Gasteiger partial charge in [0.2, 0.25) is 0 Å². The summed E-state index contributed by atoms with van der Waals surface area (Å²) in [5.41, 5.74) is 6.43. The number of aromatic nitrogens is 8. The van der Waals surface area contributed by atoms with Gasteiger partial charge in [-0.05, 0) is 49.4 Å². The number of carbonyl (C=O) groups is 1. The number of aryl methyl sites for hydroxylation is 2. The number of aromatic amines is 1. The molecule has 0 aromatic carbocycles. The van der Waals surface area contributed by atoms with Crippen molar-refractivity contribution < 1.29 is 9.21 Å². The molecule has 1 atom stereocenters. The van der Waals surface area contributed by atoms with Crippen molar-refractivity contribution in [1.29, 1.82) is 0 Å². The Balaban J connectivity index is 1.28. The summed E-state index contributed by atoms with van der Waals surface area (Å²) in [6.07, 6.45) is 6.67. The van der Waals surface area contributed by atoms with Gasteiger partial charge in [-0.15, -0.1) is 10.2 Å². The van der Waals surface area contributed by atoms with Gasteiger partial charge in [-0.1, -0.05) is 6.07 Å². The largest absolute Gasteiger partial charge is 0.411 e. The minimum absolute atomic E-state index is 0.0743. The van der Waals surface area contributed by atoms with Gasteiger partial charge in [-0.25, -0.2) is 9.50 Å². The van der Waals surface area contributed by atoms with E-state index < -0.39 is 6.04 Å². The third kappa shape index (κ3) is 3.18. The molecule has 11 nitrogen and oxygen atoms in total. The maximum absolute atomic E-state index is 13.7. The van der Waals surface area contributed by atoms with Crippen LogP contribution < -0.4 is 0 Å². The van der Waals surface area contributed by atoms with Crippen LogP contribution in [0.3, 0.4) is 0 Å². The summed E-state index contributed by atoms with van der Waals surface area (Å²) < 4.78 is 9.41. The minimum Gasteiger partial charge on any atom is -0.411 e. The zero-order valence-electron chi connectivity index (χ0n) is 19.3. The fourth-order valence-corrected chi connectivity index (χ4v) is 4.93. The average molecular weight is 470 g/mol. The molecule has 0 saturated heterocycles. The van der Waals surface area contributed by atoms with E-state index in [0.29, 0.717) is 24.6 Å². The number of rotatable bonds is 4. The second-order valence-electron chi connectivity index (χ2n) is 9.26. The first kappa shape index (κ1) is 20.1. The van der Waals surface area contributed by atoms with Gasteiger partial charge in [0.25, 0.3) is 5.89 Å². The van der Waals surface area contributed by atoms with Crippen LogP contribution in [0.25, 0.3) is 17.1 Å². The first-order valence-electron chi connectivity index (χ1n) is 11.7. The van der Waals surface area contributed by atoms with E-state index in [4.69, 9.17) is 9.52 Å². The zero-order chi connectivity index (χ0) is 23.7. The standard InChI is InChI=1S/C24H23N9O2/c1-13-10-18(29-31(13)2)22-27-28-23(35-22)24(34)32-9-7-16-20(26-12-25-16)21(32)17-11-19-15(14-5-6-14)4-3-8-33(19)30-17/h3-4,8,10-12,14,21H,5-7,9H2,1-2H3,(H,25,26)/t21-/m0/s1. The summed E-state index contributed by atoms with van der Waals surface area (Å²) in [4.78, 5) is 23.2. The van der Waals surface area contributed by atoms with Crippen molar-refractivity contribution in [3.63, 3.8) is 0 Å². The van der Waals surface area contributed by atoms with Gasteiger partial charge in [-0.2, -0.15) is 10.2 Å². The Labute approximate surface area is 199 Å². The number of carbonyl (C=O) groups excluding carboxylic acids is 1. The van der Waals surface area contributed by atoms with Gasteiger partial charge < -0.3 is 14.3 Å². The van der Waals surface area contributed by atoms with Crippen LogP contribution in [0.15, 0.2) is 41.2 Å². The number of hydrogen-bond acceptors (Lipinski definition) is 7. The molecule has 1 fully saturated rings. The molecule has 0 spiro atoms. The average Bonchev–Trinajstić information content (AvgIpc) is 3.24. The smallest absolute Gasteiger partial charge is 0.312 e. The monoisotopic (exact) mass is 469 g/mol. The van der Waals surface area contributed by atoms with E-state index in [-0.39, 0.29) is 17.7 Å². The molecule has 1 saturated carbocycles. The fraction of sp³-hybridized carbons (Fsp3) is 0.333. The molecule has 1 amide bonds. The van der Waals surface area contributed by atoms with E-state index in [2.05, 4.69) is 37.4 Å². The molecule has 2 aliphatic rings. The molecule has 1 aliphatic heterocycles. The van der Waals surface area contributed by atoms with Crippen LogP contribution >= 0.6 is 0 Å².